The fourth-order valence-corrected chi connectivity index (χ4v) is 4.15. The average molecular weight is 476 g/mol. The van der Waals surface area contributed by atoms with E-state index in [-0.39, 0.29) is 35.8 Å². The predicted molar refractivity (Wildman–Crippen MR) is 117 cm³/mol. The minimum absolute atomic E-state index is 0.110. The molecule has 2 unspecified atom stereocenters. The van der Waals surface area contributed by atoms with E-state index in [2.05, 4.69) is 39.8 Å². The van der Waals surface area contributed by atoms with Gasteiger partial charge < -0.3 is 19.8 Å². The van der Waals surface area contributed by atoms with Crippen LogP contribution >= 0.6 is 11.9 Å². The molecule has 0 saturated heterocycles. The first kappa shape index (κ1) is 21.4. The summed E-state index contributed by atoms with van der Waals surface area (Å²) < 4.78 is 38.2. The molecule has 3 aliphatic rings. The molecule has 3 heterocycles. The molecule has 5 rings (SSSR count). The van der Waals surface area contributed by atoms with E-state index >= 15 is 0 Å². The molecule has 0 bridgehead atoms. The number of ether oxygens (including phenoxy) is 2. The van der Waals surface area contributed by atoms with E-state index in [4.69, 9.17) is 0 Å². The fraction of sp³-hybridized carbons (Fsp3) is 0.300. The summed E-state index contributed by atoms with van der Waals surface area (Å²) >= 11 is 1.14. The van der Waals surface area contributed by atoms with Crippen molar-refractivity contribution in [1.82, 2.24) is 20.0 Å². The van der Waals surface area contributed by atoms with Crippen LogP contribution in [0.2, 0.25) is 0 Å². The first-order chi connectivity index (χ1) is 15.8. The van der Waals surface area contributed by atoms with E-state index in [1.165, 1.54) is 12.1 Å². The summed E-state index contributed by atoms with van der Waals surface area (Å²) in [5.74, 6) is -1.13. The average Bonchev–Trinajstić information content (AvgIpc) is 3.29. The number of amidine groups is 1. The third-order valence-corrected chi connectivity index (χ3v) is 5.83. The summed E-state index contributed by atoms with van der Waals surface area (Å²) in [6.45, 7) is 2.21. The van der Waals surface area contributed by atoms with Crippen LogP contribution in [-0.4, -0.2) is 45.8 Å². The van der Waals surface area contributed by atoms with Gasteiger partial charge in [0.15, 0.2) is 16.7 Å². The second-order valence-electron chi connectivity index (χ2n) is 7.60. The van der Waals surface area contributed by atoms with Gasteiger partial charge in [0.05, 0.1) is 17.0 Å². The van der Waals surface area contributed by atoms with Crippen molar-refractivity contribution in [3.05, 3.63) is 35.9 Å². The zero-order chi connectivity index (χ0) is 23.2. The zero-order valence-corrected chi connectivity index (χ0v) is 18.0. The molecule has 0 radical (unpaired) electrons. The number of hydrogen-bond acceptors (Lipinski definition) is 8. The summed E-state index contributed by atoms with van der Waals surface area (Å²) in [7, 11) is 0. The number of fused-ring (bicyclic) bond motifs is 2. The van der Waals surface area contributed by atoms with Crippen LogP contribution in [0.4, 0.5) is 14.7 Å². The predicted octanol–water partition coefficient (Wildman–Crippen LogP) is 2.44. The van der Waals surface area contributed by atoms with E-state index in [0.717, 1.165) is 17.5 Å². The molecule has 1 aromatic heterocycles. The molecule has 33 heavy (non-hydrogen) atoms. The number of hydrogen-bond donors (Lipinski definition) is 4. The number of nitrogens with one attached hydrogen (secondary N) is 4. The van der Waals surface area contributed by atoms with Gasteiger partial charge >= 0.3 is 6.29 Å². The number of nitrogens with zero attached hydrogens (tertiary/aromatic N) is 2. The van der Waals surface area contributed by atoms with Gasteiger partial charge in [-0.05, 0) is 25.3 Å². The van der Waals surface area contributed by atoms with Crippen molar-refractivity contribution in [2.24, 2.45) is 10.9 Å². The van der Waals surface area contributed by atoms with Crippen molar-refractivity contribution >= 4 is 45.9 Å². The molecule has 0 spiro atoms. The number of aromatic amines is 1. The Morgan fingerprint density at radius 3 is 2.76 bits per heavy atom. The number of benzene rings is 1. The number of aromatic nitrogens is 2. The molecule has 4 N–H and O–H groups in total. The van der Waals surface area contributed by atoms with Gasteiger partial charge in [-0.15, -0.1) is 8.78 Å². The third kappa shape index (κ3) is 4.54. The Morgan fingerprint density at radius 2 is 2.00 bits per heavy atom. The molecule has 0 saturated carbocycles. The molecular formula is C20H18F2N6O4S. The highest BCUT2D eigenvalue weighted by Gasteiger charge is 2.43. The second kappa shape index (κ2) is 8.15. The lowest BCUT2D eigenvalue weighted by Crippen LogP contribution is -2.43. The van der Waals surface area contributed by atoms with Gasteiger partial charge in [0, 0.05) is 18.7 Å². The largest absolute Gasteiger partial charge is 0.586 e. The number of allylic oxidation sites excluding steroid dienone is 3. The van der Waals surface area contributed by atoms with E-state index in [0.29, 0.717) is 22.6 Å². The van der Waals surface area contributed by atoms with Crippen molar-refractivity contribution in [2.75, 3.05) is 11.9 Å². The Kier molecular flexibility index (Phi) is 5.29. The molecular weight excluding hydrogens is 458 g/mol. The number of aliphatic imine (C=N–C) groups is 1. The van der Waals surface area contributed by atoms with Gasteiger partial charge in [-0.3, -0.25) is 19.6 Å². The van der Waals surface area contributed by atoms with Crippen LogP contribution in [0.3, 0.4) is 0 Å². The normalized spacial score (nSPS) is 23.1. The maximum atomic E-state index is 13.2. The van der Waals surface area contributed by atoms with E-state index in [1.54, 1.807) is 0 Å². The van der Waals surface area contributed by atoms with Crippen molar-refractivity contribution in [1.29, 1.82) is 0 Å². The summed E-state index contributed by atoms with van der Waals surface area (Å²) in [5, 5.41) is 5.65. The second-order valence-corrected chi connectivity index (χ2v) is 8.48. The Morgan fingerprint density at radius 1 is 1.21 bits per heavy atom. The molecule has 2 atom stereocenters. The highest BCUT2D eigenvalue weighted by molar-refractivity contribution is 8.12. The number of rotatable bonds is 3. The smallest absolute Gasteiger partial charge is 0.395 e. The van der Waals surface area contributed by atoms with Crippen LogP contribution in [0.15, 0.2) is 40.9 Å². The van der Waals surface area contributed by atoms with E-state index < -0.39 is 18.2 Å². The summed E-state index contributed by atoms with van der Waals surface area (Å²) in [6.07, 6.45) is 2.60. The minimum atomic E-state index is -3.72. The molecule has 172 valence electrons. The molecule has 2 amide bonds. The summed E-state index contributed by atoms with van der Waals surface area (Å²) in [6, 6.07) is 1.79. The Labute approximate surface area is 190 Å². The lowest BCUT2D eigenvalue weighted by molar-refractivity contribution is -0.286. The maximum absolute atomic E-state index is 13.2. The van der Waals surface area contributed by atoms with Crippen LogP contribution in [0, 0.1) is 5.92 Å². The van der Waals surface area contributed by atoms with Crippen molar-refractivity contribution < 1.29 is 27.8 Å². The molecule has 1 aliphatic carbocycles. The lowest BCUT2D eigenvalue weighted by Gasteiger charge is -2.21. The topological polar surface area (TPSA) is 130 Å². The lowest BCUT2D eigenvalue weighted by atomic mass is 9.97. The summed E-state index contributed by atoms with van der Waals surface area (Å²) in [4.78, 5) is 36.5. The summed E-state index contributed by atoms with van der Waals surface area (Å²) in [5.41, 5.74) is 1.79. The van der Waals surface area contributed by atoms with Gasteiger partial charge in [0.1, 0.15) is 6.04 Å². The molecule has 13 heteroatoms. The van der Waals surface area contributed by atoms with Crippen LogP contribution < -0.4 is 24.8 Å². The van der Waals surface area contributed by atoms with Gasteiger partial charge in [-0.25, -0.2) is 9.98 Å². The quantitative estimate of drug-likeness (QED) is 0.501. The number of carbonyl (C=O) groups excluding carboxylic acids is 2. The minimum Gasteiger partial charge on any atom is -0.395 e. The highest BCUT2D eigenvalue weighted by Crippen LogP contribution is 2.42. The van der Waals surface area contributed by atoms with Crippen molar-refractivity contribution in [3.63, 3.8) is 0 Å². The molecule has 10 nitrogen and oxygen atoms in total. The Hall–Kier alpha value is -3.45. The van der Waals surface area contributed by atoms with Crippen LogP contribution in [0.1, 0.15) is 13.3 Å². The number of anilines is 1. The standard InChI is InChI=1S/C20H18F2N6O4S/c1-9-2-4-10(5-3-9)16(29)28-19-26-13(8-23-33-19)17(30)27-18-24-11-6-14-15(7-12(11)25-18)32-20(21,22)31-14/h2-4,6-7,10,13,23H,5,8H2,1H3,(H,26,28,29)(H2,24,25,27,30). The van der Waals surface area contributed by atoms with Gasteiger partial charge in [0.25, 0.3) is 5.91 Å². The maximum Gasteiger partial charge on any atom is 0.586 e. The van der Waals surface area contributed by atoms with Crippen molar-refractivity contribution in [3.8, 4) is 11.5 Å². The van der Waals surface area contributed by atoms with Crippen LogP contribution in [-0.2, 0) is 9.59 Å². The first-order valence-electron chi connectivity index (χ1n) is 9.99. The number of alkyl halides is 2. The molecule has 2 aromatic rings. The van der Waals surface area contributed by atoms with Crippen LogP contribution in [0.25, 0.3) is 11.0 Å². The monoisotopic (exact) mass is 476 g/mol. The third-order valence-electron chi connectivity index (χ3n) is 5.12. The SMILES string of the molecule is CC1=CCC(C(=O)NC2=NC(C(=O)Nc3nc4cc5c(cc4[nH]3)OC(F)(F)O5)CNS2)C=C1. The molecule has 2 aliphatic heterocycles. The Balaban J connectivity index is 1.24. The number of carbonyl (C=O) groups is 2. The van der Waals surface area contributed by atoms with Gasteiger partial charge in [-0.1, -0.05) is 23.8 Å². The zero-order valence-electron chi connectivity index (χ0n) is 17.1. The first-order valence-corrected chi connectivity index (χ1v) is 10.8. The van der Waals surface area contributed by atoms with Gasteiger partial charge in [0.2, 0.25) is 11.9 Å². The number of H-pyrrole nitrogens is 1. The fourth-order valence-electron chi connectivity index (χ4n) is 3.44. The van der Waals surface area contributed by atoms with Crippen molar-refractivity contribution in [2.45, 2.75) is 25.7 Å². The molecule has 0 fully saturated rings. The number of halogens is 2. The van der Waals surface area contributed by atoms with E-state index in [1.807, 2.05) is 25.2 Å². The van der Waals surface area contributed by atoms with Crippen LogP contribution in [0.5, 0.6) is 11.5 Å². The molecule has 1 aromatic carbocycles. The van der Waals surface area contributed by atoms with Gasteiger partial charge in [-0.2, -0.15) is 0 Å². The number of imidazole rings is 1. The Bertz CT molecular complexity index is 1200. The number of amides is 2. The highest BCUT2D eigenvalue weighted by atomic mass is 32.2. The van der Waals surface area contributed by atoms with E-state index in [9.17, 15) is 18.4 Å².